The largest absolute Gasteiger partial charge is 0.341 e. The van der Waals surface area contributed by atoms with Crippen LogP contribution in [0.15, 0.2) is 36.9 Å². The predicted molar refractivity (Wildman–Crippen MR) is 81.9 cm³/mol. The highest BCUT2D eigenvalue weighted by Crippen LogP contribution is 2.45. The Kier molecular flexibility index (Phi) is 3.59. The molecule has 0 spiro atoms. The highest BCUT2D eigenvalue weighted by molar-refractivity contribution is 6.30. The molecule has 1 saturated carbocycles. The lowest BCUT2D eigenvalue weighted by Crippen LogP contribution is -2.46. The van der Waals surface area contributed by atoms with Gasteiger partial charge in [-0.3, -0.25) is 4.79 Å². The van der Waals surface area contributed by atoms with E-state index in [1.807, 2.05) is 23.1 Å². The van der Waals surface area contributed by atoms with Crippen molar-refractivity contribution < 1.29 is 4.79 Å². The summed E-state index contributed by atoms with van der Waals surface area (Å²) in [5.41, 5.74) is 1.47. The number of hydrogen-bond acceptors (Lipinski definition) is 1. The third kappa shape index (κ3) is 2.37. The fourth-order valence-electron chi connectivity index (χ4n) is 3.42. The Balaban J connectivity index is 1.78. The van der Waals surface area contributed by atoms with Gasteiger partial charge < -0.3 is 4.90 Å². The van der Waals surface area contributed by atoms with Gasteiger partial charge in [0.1, 0.15) is 0 Å². The first kappa shape index (κ1) is 13.7. The maximum absolute atomic E-state index is 12.1. The molecule has 0 N–H and O–H groups in total. The van der Waals surface area contributed by atoms with Crippen LogP contribution in [0.1, 0.15) is 31.2 Å². The molecule has 2 fully saturated rings. The second-order valence-electron chi connectivity index (χ2n) is 6.11. The summed E-state index contributed by atoms with van der Waals surface area (Å²) in [6.07, 6.45) is 6.11. The van der Waals surface area contributed by atoms with Gasteiger partial charge in [-0.1, -0.05) is 36.2 Å². The number of benzene rings is 1. The van der Waals surface area contributed by atoms with Crippen molar-refractivity contribution in [2.24, 2.45) is 5.92 Å². The van der Waals surface area contributed by atoms with E-state index < -0.39 is 0 Å². The zero-order valence-electron chi connectivity index (χ0n) is 11.6. The Hall–Kier alpha value is -1.28. The lowest BCUT2D eigenvalue weighted by molar-refractivity contribution is -0.129. The van der Waals surface area contributed by atoms with Crippen molar-refractivity contribution >= 4 is 17.5 Å². The molecule has 1 aromatic rings. The first-order chi connectivity index (χ1) is 9.63. The maximum Gasteiger partial charge on any atom is 0.223 e. The van der Waals surface area contributed by atoms with Crippen LogP contribution < -0.4 is 0 Å². The second kappa shape index (κ2) is 5.25. The van der Waals surface area contributed by atoms with E-state index in [4.69, 9.17) is 11.6 Å². The minimum absolute atomic E-state index is 0.149. The summed E-state index contributed by atoms with van der Waals surface area (Å²) in [6, 6.07) is 8.14. The highest BCUT2D eigenvalue weighted by atomic mass is 35.5. The molecule has 0 bridgehead atoms. The number of likely N-dealkylation sites (tertiary alicyclic amines) is 1. The summed E-state index contributed by atoms with van der Waals surface area (Å²) in [5.74, 6) is 0.597. The van der Waals surface area contributed by atoms with Gasteiger partial charge in [0.05, 0.1) is 0 Å². The molecule has 1 aliphatic heterocycles. The van der Waals surface area contributed by atoms with Crippen molar-refractivity contribution in [3.05, 3.63) is 47.5 Å². The van der Waals surface area contributed by atoms with E-state index in [2.05, 4.69) is 18.7 Å². The smallest absolute Gasteiger partial charge is 0.223 e. The van der Waals surface area contributed by atoms with E-state index in [1.54, 1.807) is 0 Å². The van der Waals surface area contributed by atoms with Gasteiger partial charge in [-0.15, -0.1) is 6.58 Å². The molecule has 0 radical (unpaired) electrons. The van der Waals surface area contributed by atoms with Crippen molar-refractivity contribution in [2.75, 3.05) is 13.1 Å². The molecule has 1 amide bonds. The van der Waals surface area contributed by atoms with Crippen molar-refractivity contribution in [1.29, 1.82) is 0 Å². The molecule has 2 nitrogen and oxygen atoms in total. The van der Waals surface area contributed by atoms with Crippen molar-refractivity contribution in [3.8, 4) is 0 Å². The zero-order chi connectivity index (χ0) is 14.2. The first-order valence-corrected chi connectivity index (χ1v) is 7.67. The normalized spacial score (nSPS) is 24.6. The van der Waals surface area contributed by atoms with Gasteiger partial charge in [-0.05, 0) is 30.5 Å². The predicted octanol–water partition coefficient (Wildman–Crippen LogP) is 3.80. The minimum atomic E-state index is 0.149. The molecule has 1 unspecified atom stereocenters. The zero-order valence-corrected chi connectivity index (χ0v) is 12.4. The number of carbonyl (C=O) groups excluding carboxylic acids is 1. The molecule has 1 atom stereocenters. The second-order valence-corrected chi connectivity index (χ2v) is 6.55. The van der Waals surface area contributed by atoms with Gasteiger partial charge in [0.2, 0.25) is 5.91 Å². The van der Waals surface area contributed by atoms with E-state index in [9.17, 15) is 4.79 Å². The molecule has 1 heterocycles. The minimum Gasteiger partial charge on any atom is -0.341 e. The fraction of sp³-hybridized carbons (Fsp3) is 0.471. The van der Waals surface area contributed by atoms with E-state index in [0.29, 0.717) is 12.3 Å². The fourth-order valence-corrected chi connectivity index (χ4v) is 3.55. The standard InChI is InChI=1S/C17H20ClNO/c1-2-13-10-16(20)19(11-13)12-17(8-3-9-17)14-4-6-15(18)7-5-14/h2,4-7,13H,1,3,8-12H2. The summed E-state index contributed by atoms with van der Waals surface area (Å²) in [5, 5.41) is 0.771. The quantitative estimate of drug-likeness (QED) is 0.772. The van der Waals surface area contributed by atoms with Crippen LogP contribution in [0.5, 0.6) is 0 Å². The molecule has 1 saturated heterocycles. The van der Waals surface area contributed by atoms with Gasteiger partial charge in [-0.25, -0.2) is 0 Å². The van der Waals surface area contributed by atoms with Gasteiger partial charge in [0, 0.05) is 35.9 Å². The van der Waals surface area contributed by atoms with Crippen LogP contribution in [0.2, 0.25) is 5.02 Å². The molecule has 1 aliphatic carbocycles. The SMILES string of the molecule is C=CC1CC(=O)N(CC2(c3ccc(Cl)cc3)CCC2)C1. The number of rotatable bonds is 4. The summed E-state index contributed by atoms with van der Waals surface area (Å²) >= 11 is 5.98. The molecule has 0 aromatic heterocycles. The monoisotopic (exact) mass is 289 g/mol. The Bertz CT molecular complexity index is 518. The van der Waals surface area contributed by atoms with Crippen molar-refractivity contribution in [1.82, 2.24) is 4.90 Å². The molecule has 2 aliphatic rings. The molecular weight excluding hydrogens is 270 g/mol. The number of halogens is 1. The van der Waals surface area contributed by atoms with Gasteiger partial charge in [0.15, 0.2) is 0 Å². The Morgan fingerprint density at radius 1 is 1.35 bits per heavy atom. The summed E-state index contributed by atoms with van der Waals surface area (Å²) < 4.78 is 0. The van der Waals surface area contributed by atoms with Crippen LogP contribution in [0.3, 0.4) is 0 Å². The Morgan fingerprint density at radius 2 is 2.05 bits per heavy atom. The van der Waals surface area contributed by atoms with E-state index >= 15 is 0 Å². The number of carbonyl (C=O) groups is 1. The molecule has 106 valence electrons. The summed E-state index contributed by atoms with van der Waals surface area (Å²) in [7, 11) is 0. The average molecular weight is 290 g/mol. The number of amides is 1. The van der Waals surface area contributed by atoms with Crippen LogP contribution >= 0.6 is 11.6 Å². The Labute approximate surface area is 125 Å². The molecule has 20 heavy (non-hydrogen) atoms. The lowest BCUT2D eigenvalue weighted by atomic mass is 9.64. The average Bonchev–Trinajstić information content (AvgIpc) is 2.76. The first-order valence-electron chi connectivity index (χ1n) is 7.29. The van der Waals surface area contributed by atoms with Crippen LogP contribution in [-0.4, -0.2) is 23.9 Å². The van der Waals surface area contributed by atoms with Crippen molar-refractivity contribution in [2.45, 2.75) is 31.1 Å². The van der Waals surface area contributed by atoms with Gasteiger partial charge >= 0.3 is 0 Å². The molecular formula is C17H20ClNO. The molecule has 3 rings (SSSR count). The summed E-state index contributed by atoms with van der Waals surface area (Å²) in [6.45, 7) is 5.49. The third-order valence-electron chi connectivity index (χ3n) is 4.84. The van der Waals surface area contributed by atoms with Crippen LogP contribution in [0.4, 0.5) is 0 Å². The molecule has 1 aromatic carbocycles. The third-order valence-corrected chi connectivity index (χ3v) is 5.09. The topological polar surface area (TPSA) is 20.3 Å². The Morgan fingerprint density at radius 3 is 2.55 bits per heavy atom. The van der Waals surface area contributed by atoms with Crippen LogP contribution in [-0.2, 0) is 10.2 Å². The van der Waals surface area contributed by atoms with E-state index in [1.165, 1.54) is 12.0 Å². The van der Waals surface area contributed by atoms with Crippen LogP contribution in [0, 0.1) is 5.92 Å². The summed E-state index contributed by atoms with van der Waals surface area (Å²) in [4.78, 5) is 14.1. The maximum atomic E-state index is 12.1. The lowest BCUT2D eigenvalue weighted by Gasteiger charge is -2.45. The van der Waals surface area contributed by atoms with Gasteiger partial charge in [0.25, 0.3) is 0 Å². The number of hydrogen-bond donors (Lipinski definition) is 0. The van der Waals surface area contributed by atoms with Crippen LogP contribution in [0.25, 0.3) is 0 Å². The van der Waals surface area contributed by atoms with E-state index in [-0.39, 0.29) is 11.3 Å². The molecule has 3 heteroatoms. The highest BCUT2D eigenvalue weighted by Gasteiger charge is 2.42. The van der Waals surface area contributed by atoms with E-state index in [0.717, 1.165) is 31.0 Å². The number of nitrogens with zero attached hydrogens (tertiary/aromatic N) is 1. The van der Waals surface area contributed by atoms with Gasteiger partial charge in [-0.2, -0.15) is 0 Å². The van der Waals surface area contributed by atoms with Crippen molar-refractivity contribution in [3.63, 3.8) is 0 Å².